The van der Waals surface area contributed by atoms with Crippen molar-refractivity contribution >= 4 is 27.4 Å². The molecule has 1 heterocycles. The van der Waals surface area contributed by atoms with Crippen molar-refractivity contribution in [1.29, 1.82) is 0 Å². The summed E-state index contributed by atoms with van der Waals surface area (Å²) in [6.07, 6.45) is -4.51. The molecular formula is C16H19BrF3N3O. The van der Waals surface area contributed by atoms with E-state index < -0.39 is 17.9 Å². The molecule has 0 saturated heterocycles. The molecule has 1 N–H and O–H groups in total. The fourth-order valence-corrected chi connectivity index (χ4v) is 3.07. The second kappa shape index (κ2) is 6.66. The standard InChI is InChI=1S/C16H19BrF3N3O/c1-8(2)23-14(16(18,19)20)12(17)15(22-23)21-13-9(3)6-7-11(24-5)10(13)4/h6-8H,1-5H3,(H,21,22). The summed E-state index contributed by atoms with van der Waals surface area (Å²) in [4.78, 5) is 0. The average Bonchev–Trinajstić information content (AvgIpc) is 2.80. The number of aromatic nitrogens is 2. The second-order valence-corrected chi connectivity index (χ2v) is 6.55. The molecule has 1 aromatic carbocycles. The van der Waals surface area contributed by atoms with Crippen LogP contribution in [0.3, 0.4) is 0 Å². The number of methoxy groups -OCH3 is 1. The monoisotopic (exact) mass is 405 g/mol. The van der Waals surface area contributed by atoms with Crippen molar-refractivity contribution in [2.24, 2.45) is 0 Å². The predicted molar refractivity (Wildman–Crippen MR) is 91.1 cm³/mol. The fourth-order valence-electron chi connectivity index (χ4n) is 2.48. The Labute approximate surface area is 147 Å². The normalized spacial score (nSPS) is 11.9. The first-order valence-corrected chi connectivity index (χ1v) is 8.13. The molecule has 0 aliphatic rings. The van der Waals surface area contributed by atoms with Crippen molar-refractivity contribution in [3.05, 3.63) is 33.4 Å². The van der Waals surface area contributed by atoms with Gasteiger partial charge in [-0.25, -0.2) is 0 Å². The summed E-state index contributed by atoms with van der Waals surface area (Å²) in [5.41, 5.74) is 1.56. The van der Waals surface area contributed by atoms with Crippen molar-refractivity contribution in [3.63, 3.8) is 0 Å². The molecule has 0 bridgehead atoms. The molecule has 8 heteroatoms. The highest BCUT2D eigenvalue weighted by Crippen LogP contribution is 2.41. The molecule has 0 saturated carbocycles. The first-order chi connectivity index (χ1) is 11.1. The van der Waals surface area contributed by atoms with Crippen molar-refractivity contribution in [2.45, 2.75) is 39.9 Å². The van der Waals surface area contributed by atoms with E-state index in [1.807, 2.05) is 26.0 Å². The zero-order chi connectivity index (χ0) is 18.2. The number of anilines is 2. The number of aryl methyl sites for hydroxylation is 1. The maximum absolute atomic E-state index is 13.4. The van der Waals surface area contributed by atoms with Crippen LogP contribution < -0.4 is 10.1 Å². The van der Waals surface area contributed by atoms with Crippen LogP contribution in [0.4, 0.5) is 24.7 Å². The van der Waals surface area contributed by atoms with Gasteiger partial charge in [0.05, 0.1) is 11.6 Å². The molecule has 2 rings (SSSR count). The molecule has 0 aliphatic carbocycles. The molecule has 0 aliphatic heterocycles. The topological polar surface area (TPSA) is 39.1 Å². The minimum atomic E-state index is -4.51. The Morgan fingerprint density at radius 2 is 1.88 bits per heavy atom. The average molecular weight is 406 g/mol. The van der Waals surface area contributed by atoms with E-state index in [1.54, 1.807) is 21.0 Å². The van der Waals surface area contributed by atoms with Crippen LogP contribution in [0, 0.1) is 13.8 Å². The van der Waals surface area contributed by atoms with Gasteiger partial charge in [-0.2, -0.15) is 18.3 Å². The van der Waals surface area contributed by atoms with Gasteiger partial charge in [-0.15, -0.1) is 0 Å². The number of ether oxygens (including phenoxy) is 1. The van der Waals surface area contributed by atoms with Crippen LogP contribution in [-0.2, 0) is 6.18 Å². The van der Waals surface area contributed by atoms with E-state index >= 15 is 0 Å². The number of rotatable bonds is 4. The molecule has 0 atom stereocenters. The lowest BCUT2D eigenvalue weighted by Crippen LogP contribution is -2.16. The highest BCUT2D eigenvalue weighted by atomic mass is 79.9. The SMILES string of the molecule is COc1ccc(C)c(Nc2nn(C(C)C)c(C(F)(F)F)c2Br)c1C. The van der Waals surface area contributed by atoms with Crippen molar-refractivity contribution in [1.82, 2.24) is 9.78 Å². The van der Waals surface area contributed by atoms with Gasteiger partial charge in [0.15, 0.2) is 11.5 Å². The lowest BCUT2D eigenvalue weighted by molar-refractivity contribution is -0.145. The van der Waals surface area contributed by atoms with Gasteiger partial charge in [0.1, 0.15) is 5.75 Å². The second-order valence-electron chi connectivity index (χ2n) is 5.76. The minimum Gasteiger partial charge on any atom is -0.496 e. The van der Waals surface area contributed by atoms with Gasteiger partial charge in [-0.05, 0) is 55.3 Å². The maximum atomic E-state index is 13.4. The lowest BCUT2D eigenvalue weighted by atomic mass is 10.1. The van der Waals surface area contributed by atoms with E-state index in [1.165, 1.54) is 0 Å². The molecule has 0 fully saturated rings. The third kappa shape index (κ3) is 3.38. The van der Waals surface area contributed by atoms with Crippen LogP contribution in [0.1, 0.15) is 36.7 Å². The third-order valence-electron chi connectivity index (χ3n) is 3.70. The summed E-state index contributed by atoms with van der Waals surface area (Å²) in [6, 6.07) is 3.23. The number of hydrogen-bond donors (Lipinski definition) is 1. The lowest BCUT2D eigenvalue weighted by Gasteiger charge is -2.14. The molecule has 24 heavy (non-hydrogen) atoms. The molecule has 1 aromatic heterocycles. The molecule has 0 radical (unpaired) electrons. The van der Waals surface area contributed by atoms with Crippen LogP contribution in [0.15, 0.2) is 16.6 Å². The van der Waals surface area contributed by atoms with Crippen molar-refractivity contribution < 1.29 is 17.9 Å². The van der Waals surface area contributed by atoms with Gasteiger partial charge in [-0.1, -0.05) is 6.07 Å². The Kier molecular flexibility index (Phi) is 5.17. The van der Waals surface area contributed by atoms with E-state index in [4.69, 9.17) is 4.74 Å². The molecule has 0 spiro atoms. The highest BCUT2D eigenvalue weighted by Gasteiger charge is 2.40. The maximum Gasteiger partial charge on any atom is 0.434 e. The highest BCUT2D eigenvalue weighted by molar-refractivity contribution is 9.10. The van der Waals surface area contributed by atoms with E-state index in [2.05, 4.69) is 26.3 Å². The Hall–Kier alpha value is -1.70. The number of halogens is 4. The molecule has 0 amide bonds. The summed E-state index contributed by atoms with van der Waals surface area (Å²) in [5, 5.41) is 7.12. The van der Waals surface area contributed by atoms with Crippen LogP contribution in [0.2, 0.25) is 0 Å². The van der Waals surface area contributed by atoms with Gasteiger partial charge in [0, 0.05) is 17.3 Å². The quantitative estimate of drug-likeness (QED) is 0.717. The van der Waals surface area contributed by atoms with Crippen LogP contribution in [-0.4, -0.2) is 16.9 Å². The van der Waals surface area contributed by atoms with E-state index in [0.29, 0.717) is 11.4 Å². The first kappa shape index (κ1) is 18.6. The summed E-state index contributed by atoms with van der Waals surface area (Å²) >= 11 is 3.05. The first-order valence-electron chi connectivity index (χ1n) is 7.34. The van der Waals surface area contributed by atoms with Crippen LogP contribution in [0.25, 0.3) is 0 Å². The number of benzene rings is 1. The van der Waals surface area contributed by atoms with Crippen LogP contribution in [0.5, 0.6) is 5.75 Å². The molecule has 4 nitrogen and oxygen atoms in total. The minimum absolute atomic E-state index is 0.106. The van der Waals surface area contributed by atoms with Crippen molar-refractivity contribution in [2.75, 3.05) is 12.4 Å². The Morgan fingerprint density at radius 3 is 2.33 bits per heavy atom. The van der Waals surface area contributed by atoms with Crippen LogP contribution >= 0.6 is 15.9 Å². The number of nitrogens with one attached hydrogen (secondary N) is 1. The van der Waals surface area contributed by atoms with Gasteiger partial charge in [0.2, 0.25) is 0 Å². The van der Waals surface area contributed by atoms with E-state index in [0.717, 1.165) is 15.8 Å². The van der Waals surface area contributed by atoms with Gasteiger partial charge in [-0.3, -0.25) is 4.68 Å². The number of alkyl halides is 3. The predicted octanol–water partition coefficient (Wildman–Crippen LogP) is 5.61. The largest absolute Gasteiger partial charge is 0.496 e. The third-order valence-corrected chi connectivity index (χ3v) is 4.45. The zero-order valence-electron chi connectivity index (χ0n) is 14.0. The smallest absolute Gasteiger partial charge is 0.434 e. The summed E-state index contributed by atoms with van der Waals surface area (Å²) in [6.45, 7) is 7.01. The van der Waals surface area contributed by atoms with Gasteiger partial charge >= 0.3 is 6.18 Å². The van der Waals surface area contributed by atoms with Gasteiger partial charge < -0.3 is 10.1 Å². The number of hydrogen-bond acceptors (Lipinski definition) is 3. The summed E-state index contributed by atoms with van der Waals surface area (Å²) in [5.74, 6) is 0.772. The summed E-state index contributed by atoms with van der Waals surface area (Å²) in [7, 11) is 1.55. The Morgan fingerprint density at radius 1 is 1.25 bits per heavy atom. The van der Waals surface area contributed by atoms with E-state index in [9.17, 15) is 13.2 Å². The van der Waals surface area contributed by atoms with Gasteiger partial charge in [0.25, 0.3) is 0 Å². The van der Waals surface area contributed by atoms with E-state index in [-0.39, 0.29) is 10.3 Å². The fraction of sp³-hybridized carbons (Fsp3) is 0.438. The zero-order valence-corrected chi connectivity index (χ0v) is 15.6. The molecule has 132 valence electrons. The van der Waals surface area contributed by atoms with Crippen molar-refractivity contribution in [3.8, 4) is 5.75 Å². The molecule has 0 unspecified atom stereocenters. The number of nitrogens with zero attached hydrogens (tertiary/aromatic N) is 2. The Bertz CT molecular complexity index is 754. The molecular weight excluding hydrogens is 387 g/mol. The summed E-state index contributed by atoms with van der Waals surface area (Å²) < 4.78 is 46.2. The molecule has 2 aromatic rings. The Balaban J connectivity index is 2.57.